The summed E-state index contributed by atoms with van der Waals surface area (Å²) >= 11 is 0. The molecule has 0 spiro atoms. The molecule has 0 amide bonds. The van der Waals surface area contributed by atoms with Gasteiger partial charge in [0.1, 0.15) is 29.2 Å². The van der Waals surface area contributed by atoms with Crippen LogP contribution in [0, 0.1) is 0 Å². The summed E-state index contributed by atoms with van der Waals surface area (Å²) in [6.07, 6.45) is 3.85. The number of aromatic amines is 1. The molecule has 1 aliphatic carbocycles. The topological polar surface area (TPSA) is 79.4 Å². The molecule has 2 atom stereocenters. The zero-order valence-corrected chi connectivity index (χ0v) is 19.3. The van der Waals surface area contributed by atoms with E-state index in [2.05, 4.69) is 56.8 Å². The van der Waals surface area contributed by atoms with Gasteiger partial charge >= 0.3 is 0 Å². The fourth-order valence-electron chi connectivity index (χ4n) is 4.64. The molecule has 32 heavy (non-hydrogen) atoms. The zero-order valence-electron chi connectivity index (χ0n) is 19.3. The van der Waals surface area contributed by atoms with Gasteiger partial charge in [-0.3, -0.25) is 10.00 Å². The molecule has 2 aliphatic rings. The Kier molecular flexibility index (Phi) is 5.51. The van der Waals surface area contributed by atoms with Crippen LogP contribution in [0.25, 0.3) is 22.3 Å². The monoisotopic (exact) mass is 436 g/mol. The lowest BCUT2D eigenvalue weighted by atomic mass is 10.1. The minimum atomic E-state index is -0.0146. The molecule has 1 aliphatic heterocycles. The van der Waals surface area contributed by atoms with Gasteiger partial charge in [0.25, 0.3) is 0 Å². The summed E-state index contributed by atoms with van der Waals surface area (Å²) in [4.78, 5) is 14.0. The number of fused-ring (bicyclic) bond motifs is 1. The molecule has 2 aromatic heterocycles. The van der Waals surface area contributed by atoms with Crippen molar-refractivity contribution in [1.29, 1.82) is 0 Å². The molecule has 3 aromatic rings. The normalized spacial score (nSPS) is 21.6. The summed E-state index contributed by atoms with van der Waals surface area (Å²) in [6, 6.07) is 8.97. The van der Waals surface area contributed by atoms with Gasteiger partial charge in [0.05, 0.1) is 17.8 Å². The summed E-state index contributed by atoms with van der Waals surface area (Å²) < 4.78 is 11.5. The third-order valence-electron chi connectivity index (χ3n) is 6.72. The van der Waals surface area contributed by atoms with Crippen molar-refractivity contribution in [2.75, 3.05) is 38.3 Å². The summed E-state index contributed by atoms with van der Waals surface area (Å²) in [5.41, 5.74) is 2.61. The Morgan fingerprint density at radius 3 is 2.81 bits per heavy atom. The smallest absolute Gasteiger partial charge is 0.132 e. The van der Waals surface area contributed by atoms with Crippen LogP contribution in [0.15, 0.2) is 30.6 Å². The van der Waals surface area contributed by atoms with Crippen molar-refractivity contribution in [1.82, 2.24) is 25.1 Å². The molecule has 3 heterocycles. The molecule has 2 unspecified atom stereocenters. The van der Waals surface area contributed by atoms with E-state index in [4.69, 9.17) is 9.47 Å². The molecule has 1 aromatic carbocycles. The first-order valence-electron chi connectivity index (χ1n) is 11.4. The van der Waals surface area contributed by atoms with E-state index in [1.165, 1.54) is 0 Å². The lowest BCUT2D eigenvalue weighted by Gasteiger charge is -2.43. The summed E-state index contributed by atoms with van der Waals surface area (Å²) in [7, 11) is 1.76. The van der Waals surface area contributed by atoms with Crippen molar-refractivity contribution in [3.63, 3.8) is 0 Å². The molecule has 0 radical (unpaired) electrons. The fraction of sp³-hybridized carbons (Fsp3) is 0.542. The predicted octanol–water partition coefficient (Wildman–Crippen LogP) is 3.50. The number of benzene rings is 1. The van der Waals surface area contributed by atoms with Gasteiger partial charge in [-0.1, -0.05) is 0 Å². The molecule has 1 saturated heterocycles. The van der Waals surface area contributed by atoms with E-state index in [0.717, 1.165) is 72.9 Å². The van der Waals surface area contributed by atoms with Gasteiger partial charge in [0, 0.05) is 50.3 Å². The second-order valence-corrected chi connectivity index (χ2v) is 9.43. The largest absolute Gasteiger partial charge is 0.488 e. The number of hydrogen-bond donors (Lipinski definition) is 1. The predicted molar refractivity (Wildman–Crippen MR) is 125 cm³/mol. The Hall–Kier alpha value is -2.71. The van der Waals surface area contributed by atoms with Crippen LogP contribution in [0.4, 0.5) is 5.82 Å². The maximum absolute atomic E-state index is 6.16. The standard InChI is InChI=1S/C24H32N6O2/c1-16-13-29(9-10-30(16)17(2)14-31-4)22-12-21(25-15-26-22)23-19-11-18(32-24(3)7-8-24)5-6-20(19)27-28-23/h5-6,11-12,15-17H,7-10,13-14H2,1-4H3,(H,27,28). The van der Waals surface area contributed by atoms with Crippen LogP contribution < -0.4 is 9.64 Å². The van der Waals surface area contributed by atoms with Crippen LogP contribution in [-0.2, 0) is 4.74 Å². The van der Waals surface area contributed by atoms with E-state index in [1.54, 1.807) is 13.4 Å². The molecule has 2 fully saturated rings. The molecule has 0 bridgehead atoms. The highest BCUT2D eigenvalue weighted by Crippen LogP contribution is 2.40. The summed E-state index contributed by atoms with van der Waals surface area (Å²) in [5.74, 6) is 1.82. The van der Waals surface area contributed by atoms with E-state index in [0.29, 0.717) is 12.1 Å². The number of anilines is 1. The maximum atomic E-state index is 6.16. The number of hydrogen-bond acceptors (Lipinski definition) is 7. The number of nitrogens with zero attached hydrogens (tertiary/aromatic N) is 5. The average molecular weight is 437 g/mol. The number of ether oxygens (including phenoxy) is 2. The molecule has 1 N–H and O–H groups in total. The lowest BCUT2D eigenvalue weighted by Crippen LogP contribution is -2.56. The van der Waals surface area contributed by atoms with Crippen LogP contribution in [-0.4, -0.2) is 76.1 Å². The molecule has 8 heteroatoms. The summed E-state index contributed by atoms with van der Waals surface area (Å²) in [6.45, 7) is 10.2. The Morgan fingerprint density at radius 2 is 2.06 bits per heavy atom. The van der Waals surface area contributed by atoms with Gasteiger partial charge < -0.3 is 14.4 Å². The second-order valence-electron chi connectivity index (χ2n) is 9.43. The van der Waals surface area contributed by atoms with Gasteiger partial charge in [0.2, 0.25) is 0 Å². The van der Waals surface area contributed by atoms with E-state index < -0.39 is 0 Å². The molecule has 5 rings (SSSR count). The molecule has 1 saturated carbocycles. The number of rotatable bonds is 7. The minimum Gasteiger partial charge on any atom is -0.488 e. The molecule has 170 valence electrons. The van der Waals surface area contributed by atoms with Crippen molar-refractivity contribution in [2.45, 2.75) is 51.3 Å². The van der Waals surface area contributed by atoms with Gasteiger partial charge in [-0.2, -0.15) is 5.10 Å². The quantitative estimate of drug-likeness (QED) is 0.607. The first-order valence-corrected chi connectivity index (χ1v) is 11.4. The highest BCUT2D eigenvalue weighted by atomic mass is 16.5. The maximum Gasteiger partial charge on any atom is 0.132 e. The van der Waals surface area contributed by atoms with E-state index in [1.807, 2.05) is 18.2 Å². The van der Waals surface area contributed by atoms with Crippen molar-refractivity contribution < 1.29 is 9.47 Å². The Morgan fingerprint density at radius 1 is 1.22 bits per heavy atom. The first-order chi connectivity index (χ1) is 15.5. The number of nitrogens with one attached hydrogen (secondary N) is 1. The fourth-order valence-corrected chi connectivity index (χ4v) is 4.64. The minimum absolute atomic E-state index is 0.0146. The van der Waals surface area contributed by atoms with E-state index in [-0.39, 0.29) is 5.60 Å². The van der Waals surface area contributed by atoms with Gasteiger partial charge in [-0.25, -0.2) is 9.97 Å². The number of piperazine rings is 1. The van der Waals surface area contributed by atoms with Crippen LogP contribution in [0.1, 0.15) is 33.6 Å². The summed E-state index contributed by atoms with van der Waals surface area (Å²) in [5, 5.41) is 8.71. The number of aromatic nitrogens is 4. The highest BCUT2D eigenvalue weighted by molar-refractivity contribution is 5.93. The van der Waals surface area contributed by atoms with Gasteiger partial charge in [-0.05, 0) is 51.8 Å². The Labute approximate surface area is 188 Å². The average Bonchev–Trinajstić information content (AvgIpc) is 3.36. The Balaban J connectivity index is 1.37. The SMILES string of the molecule is COCC(C)N1CCN(c2cc(-c3n[nH]c4ccc(OC5(C)CC5)cc34)ncn2)CC1C. The van der Waals surface area contributed by atoms with Gasteiger partial charge in [-0.15, -0.1) is 0 Å². The lowest BCUT2D eigenvalue weighted by molar-refractivity contribution is 0.0678. The molecule has 8 nitrogen and oxygen atoms in total. The van der Waals surface area contributed by atoms with Gasteiger partial charge in [0.15, 0.2) is 0 Å². The Bertz CT molecular complexity index is 1100. The third-order valence-corrected chi connectivity index (χ3v) is 6.72. The van der Waals surface area contributed by atoms with Crippen molar-refractivity contribution >= 4 is 16.7 Å². The molecular formula is C24H32N6O2. The van der Waals surface area contributed by atoms with Crippen LogP contribution in [0.2, 0.25) is 0 Å². The van der Waals surface area contributed by atoms with E-state index >= 15 is 0 Å². The highest BCUT2D eigenvalue weighted by Gasteiger charge is 2.40. The first kappa shape index (κ1) is 21.2. The second kappa shape index (κ2) is 8.33. The zero-order chi connectivity index (χ0) is 22.3. The van der Waals surface area contributed by atoms with Crippen molar-refractivity contribution in [2.24, 2.45) is 0 Å². The van der Waals surface area contributed by atoms with Crippen LogP contribution >= 0.6 is 0 Å². The third kappa shape index (κ3) is 4.17. The van der Waals surface area contributed by atoms with Crippen LogP contribution in [0.3, 0.4) is 0 Å². The van der Waals surface area contributed by atoms with E-state index in [9.17, 15) is 0 Å². The number of H-pyrrole nitrogens is 1. The van der Waals surface area contributed by atoms with Crippen molar-refractivity contribution in [3.05, 3.63) is 30.6 Å². The molecular weight excluding hydrogens is 404 g/mol. The van der Waals surface area contributed by atoms with Crippen molar-refractivity contribution in [3.8, 4) is 17.1 Å². The van der Waals surface area contributed by atoms with Crippen LogP contribution in [0.5, 0.6) is 5.75 Å². The number of methoxy groups -OCH3 is 1.